The third-order valence-electron chi connectivity index (χ3n) is 5.32. The molecular weight excluding hydrogens is 432 g/mol. The van der Waals surface area contributed by atoms with Crippen LogP contribution in [0.25, 0.3) is 0 Å². The van der Waals surface area contributed by atoms with Crippen LogP contribution >= 0.6 is 31.9 Å². The van der Waals surface area contributed by atoms with Crippen molar-refractivity contribution in [3.05, 3.63) is 55.5 Å². The molecule has 0 unspecified atom stereocenters. The third kappa shape index (κ3) is 2.99. The zero-order valence-corrected chi connectivity index (χ0v) is 17.2. The van der Waals surface area contributed by atoms with Gasteiger partial charge in [-0.2, -0.15) is 0 Å². The first kappa shape index (κ1) is 17.8. The van der Waals surface area contributed by atoms with Crippen LogP contribution in [0.2, 0.25) is 0 Å². The van der Waals surface area contributed by atoms with E-state index in [1.807, 2.05) is 13.8 Å². The summed E-state index contributed by atoms with van der Waals surface area (Å²) in [5, 5.41) is 20.2. The zero-order chi connectivity index (χ0) is 17.5. The average molecular weight is 454 g/mol. The van der Waals surface area contributed by atoms with E-state index in [-0.39, 0.29) is 5.41 Å². The van der Waals surface area contributed by atoms with Gasteiger partial charge in [-0.1, -0.05) is 31.4 Å². The minimum absolute atomic E-state index is 0.0692. The summed E-state index contributed by atoms with van der Waals surface area (Å²) in [6.45, 7) is 3.89. The predicted molar refractivity (Wildman–Crippen MR) is 105 cm³/mol. The second-order valence-corrected chi connectivity index (χ2v) is 8.60. The molecule has 0 saturated heterocycles. The van der Waals surface area contributed by atoms with Gasteiger partial charge in [0.05, 0.1) is 8.95 Å². The molecule has 2 N–H and O–H groups in total. The number of aromatic hydroxyl groups is 2. The highest BCUT2D eigenvalue weighted by atomic mass is 79.9. The van der Waals surface area contributed by atoms with Crippen LogP contribution in [-0.2, 0) is 5.41 Å². The van der Waals surface area contributed by atoms with E-state index in [1.54, 1.807) is 0 Å². The smallest absolute Gasteiger partial charge is 0.132 e. The molecule has 0 aliphatic heterocycles. The number of benzene rings is 2. The second-order valence-electron chi connectivity index (χ2n) is 6.89. The van der Waals surface area contributed by atoms with Gasteiger partial charge in [0.15, 0.2) is 0 Å². The van der Waals surface area contributed by atoms with Gasteiger partial charge in [-0.25, -0.2) is 0 Å². The number of hydrogen-bond donors (Lipinski definition) is 2. The Labute approximate surface area is 160 Å². The van der Waals surface area contributed by atoms with Gasteiger partial charge in [0.1, 0.15) is 11.5 Å². The molecule has 0 aromatic heterocycles. The maximum Gasteiger partial charge on any atom is 0.132 e. The van der Waals surface area contributed by atoms with Crippen LogP contribution in [0.4, 0.5) is 0 Å². The molecule has 4 heteroatoms. The van der Waals surface area contributed by atoms with Crippen LogP contribution in [0.5, 0.6) is 11.5 Å². The van der Waals surface area contributed by atoms with Crippen molar-refractivity contribution in [2.24, 2.45) is 0 Å². The first-order chi connectivity index (χ1) is 11.3. The number of halogens is 2. The second kappa shape index (κ2) is 6.72. The van der Waals surface area contributed by atoms with E-state index in [4.69, 9.17) is 0 Å². The van der Waals surface area contributed by atoms with Crippen LogP contribution in [0.15, 0.2) is 33.2 Å². The maximum atomic E-state index is 10.1. The third-order valence-corrected chi connectivity index (χ3v) is 6.53. The molecule has 1 fully saturated rings. The minimum atomic E-state index is -0.0692. The van der Waals surface area contributed by atoms with Crippen molar-refractivity contribution in [2.45, 2.75) is 51.4 Å². The molecule has 1 aliphatic rings. The standard InChI is InChI=1S/C20H22Br2O2/c1-12-8-14(10-16(21)18(12)23)20(6-4-3-5-7-20)15-9-13(2)19(24)17(22)11-15/h8-11,23-24H,3-7H2,1-2H3. The Balaban J connectivity index is 2.23. The van der Waals surface area contributed by atoms with Crippen molar-refractivity contribution >= 4 is 31.9 Å². The van der Waals surface area contributed by atoms with Crippen molar-refractivity contribution in [1.82, 2.24) is 0 Å². The van der Waals surface area contributed by atoms with Gasteiger partial charge in [-0.05, 0) is 92.9 Å². The van der Waals surface area contributed by atoms with Gasteiger partial charge >= 0.3 is 0 Å². The number of hydrogen-bond acceptors (Lipinski definition) is 2. The van der Waals surface area contributed by atoms with E-state index in [9.17, 15) is 10.2 Å². The van der Waals surface area contributed by atoms with Gasteiger partial charge in [-0.3, -0.25) is 0 Å². The van der Waals surface area contributed by atoms with E-state index < -0.39 is 0 Å². The first-order valence-electron chi connectivity index (χ1n) is 8.34. The lowest BCUT2D eigenvalue weighted by Crippen LogP contribution is -2.30. The Morgan fingerprint density at radius 3 is 1.54 bits per heavy atom. The van der Waals surface area contributed by atoms with Gasteiger partial charge in [0.25, 0.3) is 0 Å². The Hall–Kier alpha value is -1.00. The number of phenols is 2. The van der Waals surface area contributed by atoms with E-state index in [0.29, 0.717) is 11.5 Å². The Bertz CT molecular complexity index is 672. The summed E-state index contributed by atoms with van der Waals surface area (Å²) in [7, 11) is 0. The summed E-state index contributed by atoms with van der Waals surface area (Å²) < 4.78 is 1.49. The fourth-order valence-corrected chi connectivity index (χ4v) is 5.04. The minimum Gasteiger partial charge on any atom is -0.506 e. The molecule has 1 aliphatic carbocycles. The number of phenolic OH excluding ortho intramolecular Hbond substituents is 2. The Morgan fingerprint density at radius 1 is 0.750 bits per heavy atom. The normalized spacial score (nSPS) is 17.0. The topological polar surface area (TPSA) is 40.5 Å². The molecule has 0 heterocycles. The average Bonchev–Trinajstić information content (AvgIpc) is 2.57. The van der Waals surface area contributed by atoms with E-state index in [0.717, 1.165) is 32.9 Å². The fourth-order valence-electron chi connectivity index (χ4n) is 3.92. The van der Waals surface area contributed by atoms with E-state index in [1.165, 1.54) is 30.4 Å². The molecule has 3 rings (SSSR count). The quantitative estimate of drug-likeness (QED) is 0.545. The molecular formula is C20H22Br2O2. The molecule has 2 nitrogen and oxygen atoms in total. The lowest BCUT2D eigenvalue weighted by Gasteiger charge is -2.39. The van der Waals surface area contributed by atoms with Crippen molar-refractivity contribution < 1.29 is 10.2 Å². The highest BCUT2D eigenvalue weighted by Crippen LogP contribution is 2.48. The molecule has 0 radical (unpaired) electrons. The molecule has 0 atom stereocenters. The Morgan fingerprint density at radius 2 is 1.17 bits per heavy atom. The molecule has 0 amide bonds. The van der Waals surface area contributed by atoms with Gasteiger partial charge in [0, 0.05) is 5.41 Å². The highest BCUT2D eigenvalue weighted by molar-refractivity contribution is 9.10. The maximum absolute atomic E-state index is 10.1. The first-order valence-corrected chi connectivity index (χ1v) is 9.93. The van der Waals surface area contributed by atoms with Crippen LogP contribution in [0.1, 0.15) is 54.4 Å². The summed E-state index contributed by atoms with van der Waals surface area (Å²) in [5.41, 5.74) is 4.18. The van der Waals surface area contributed by atoms with Crippen LogP contribution in [0.3, 0.4) is 0 Å². The lowest BCUT2D eigenvalue weighted by molar-refractivity contribution is 0.344. The van der Waals surface area contributed by atoms with Crippen LogP contribution in [0, 0.1) is 13.8 Å². The molecule has 2 aromatic carbocycles. The van der Waals surface area contributed by atoms with Crippen LogP contribution < -0.4 is 0 Å². The Kier molecular flexibility index (Phi) is 4.99. The van der Waals surface area contributed by atoms with Crippen LogP contribution in [-0.4, -0.2) is 10.2 Å². The number of aryl methyl sites for hydroxylation is 2. The lowest BCUT2D eigenvalue weighted by atomic mass is 9.65. The molecule has 128 valence electrons. The largest absolute Gasteiger partial charge is 0.506 e. The van der Waals surface area contributed by atoms with Crippen molar-refractivity contribution in [2.75, 3.05) is 0 Å². The monoisotopic (exact) mass is 452 g/mol. The molecule has 1 saturated carbocycles. The van der Waals surface area contributed by atoms with Crippen molar-refractivity contribution in [1.29, 1.82) is 0 Å². The van der Waals surface area contributed by atoms with Crippen molar-refractivity contribution in [3.63, 3.8) is 0 Å². The van der Waals surface area contributed by atoms with E-state index >= 15 is 0 Å². The highest BCUT2D eigenvalue weighted by Gasteiger charge is 2.37. The molecule has 2 aromatic rings. The fraction of sp³-hybridized carbons (Fsp3) is 0.400. The SMILES string of the molecule is Cc1cc(C2(c3cc(C)c(O)c(Br)c3)CCCCC2)cc(Br)c1O. The summed E-state index contributed by atoms with van der Waals surface area (Å²) in [5.74, 6) is 0.626. The molecule has 24 heavy (non-hydrogen) atoms. The van der Waals surface area contributed by atoms with Crippen molar-refractivity contribution in [3.8, 4) is 11.5 Å². The summed E-state index contributed by atoms with van der Waals surface area (Å²) in [4.78, 5) is 0. The van der Waals surface area contributed by atoms with E-state index in [2.05, 4.69) is 56.1 Å². The van der Waals surface area contributed by atoms with Gasteiger partial charge < -0.3 is 10.2 Å². The summed E-state index contributed by atoms with van der Waals surface area (Å²) >= 11 is 7.00. The van der Waals surface area contributed by atoms with Gasteiger partial charge in [-0.15, -0.1) is 0 Å². The molecule has 0 bridgehead atoms. The predicted octanol–water partition coefficient (Wildman–Crippen LogP) is 6.49. The number of rotatable bonds is 2. The summed E-state index contributed by atoms with van der Waals surface area (Å²) in [6.07, 6.45) is 5.81. The zero-order valence-electron chi connectivity index (χ0n) is 14.0. The van der Waals surface area contributed by atoms with Gasteiger partial charge in [0.2, 0.25) is 0 Å². The molecule has 0 spiro atoms. The summed E-state index contributed by atoms with van der Waals surface area (Å²) in [6, 6.07) is 8.34.